The van der Waals surface area contributed by atoms with Crippen molar-refractivity contribution in [1.29, 1.82) is 0 Å². The van der Waals surface area contributed by atoms with Gasteiger partial charge in [-0.2, -0.15) is 0 Å². The molecule has 1 amide bonds. The van der Waals surface area contributed by atoms with E-state index in [1.807, 2.05) is 33.3 Å². The van der Waals surface area contributed by atoms with Gasteiger partial charge in [-0.1, -0.05) is 334 Å². The second-order valence-corrected chi connectivity index (χ2v) is 27.9. The van der Waals surface area contributed by atoms with Crippen LogP contribution in [0.1, 0.15) is 380 Å². The Labute approximate surface area is 517 Å². The number of quaternary nitrogens is 1. The molecule has 3 unspecified atom stereocenters. The summed E-state index contributed by atoms with van der Waals surface area (Å²) in [5.41, 5.74) is 0. The first kappa shape index (κ1) is 81.5. The van der Waals surface area contributed by atoms with Crippen molar-refractivity contribution in [2.75, 3.05) is 40.9 Å². The normalized spacial score (nSPS) is 13.6. The predicted molar refractivity (Wildman–Crippen MR) is 358 cm³/mol. The molecule has 0 bridgehead atoms. The highest BCUT2D eigenvalue weighted by molar-refractivity contribution is 7.45. The zero-order valence-corrected chi connectivity index (χ0v) is 57.3. The highest BCUT2D eigenvalue weighted by Gasteiger charge is 2.27. The number of allylic oxidation sites excluding steroid dienone is 3. The molecule has 0 fully saturated rings. The molecule has 0 rings (SSSR count). The number of phosphoric acid groups is 1. The highest BCUT2D eigenvalue weighted by Crippen LogP contribution is 2.38. The molecule has 492 valence electrons. The van der Waals surface area contributed by atoms with Crippen LogP contribution in [0, 0.1) is 0 Å². The summed E-state index contributed by atoms with van der Waals surface area (Å²) in [4.78, 5) is 40.2. The van der Waals surface area contributed by atoms with Crippen LogP contribution in [0.25, 0.3) is 0 Å². The van der Waals surface area contributed by atoms with Crippen LogP contribution in [0.4, 0.5) is 0 Å². The maximum Gasteiger partial charge on any atom is 0.306 e. The van der Waals surface area contributed by atoms with Gasteiger partial charge in [0.2, 0.25) is 5.91 Å². The summed E-state index contributed by atoms with van der Waals surface area (Å²) in [6.45, 7) is 6.92. The van der Waals surface area contributed by atoms with Crippen LogP contribution >= 0.6 is 7.82 Å². The molecule has 0 saturated heterocycles. The van der Waals surface area contributed by atoms with E-state index in [1.54, 1.807) is 0 Å². The van der Waals surface area contributed by atoms with Gasteiger partial charge >= 0.3 is 5.97 Å². The smallest absolute Gasteiger partial charge is 0.306 e. The molecule has 83 heavy (non-hydrogen) atoms. The van der Waals surface area contributed by atoms with Crippen LogP contribution in [0.2, 0.25) is 0 Å². The van der Waals surface area contributed by atoms with Gasteiger partial charge in [-0.3, -0.25) is 14.2 Å². The van der Waals surface area contributed by atoms with Gasteiger partial charge in [-0.25, -0.2) is 0 Å². The molecule has 0 aliphatic carbocycles. The first-order valence-electron chi connectivity index (χ1n) is 36.6. The molecule has 0 radical (unpaired) electrons. The molecule has 0 heterocycles. The number of hydrogen-bond acceptors (Lipinski definition) is 7. The van der Waals surface area contributed by atoms with E-state index in [0.29, 0.717) is 17.4 Å². The Morgan fingerprint density at radius 2 is 0.699 bits per heavy atom. The third-order valence-corrected chi connectivity index (χ3v) is 17.8. The third kappa shape index (κ3) is 64.8. The molecule has 10 heteroatoms. The molecule has 0 aromatic carbocycles. The fourth-order valence-corrected chi connectivity index (χ4v) is 12.0. The number of rotatable bonds is 68. The van der Waals surface area contributed by atoms with Gasteiger partial charge in [0.1, 0.15) is 19.3 Å². The molecule has 0 spiro atoms. The summed E-state index contributed by atoms with van der Waals surface area (Å²) in [5.74, 6) is -0.515. The van der Waals surface area contributed by atoms with E-state index in [1.165, 1.54) is 289 Å². The quantitative estimate of drug-likeness (QED) is 0.0212. The Kier molecular flexibility index (Phi) is 62.4. The van der Waals surface area contributed by atoms with E-state index < -0.39 is 20.0 Å². The first-order valence-corrected chi connectivity index (χ1v) is 38.1. The molecule has 0 aliphatic rings. The van der Waals surface area contributed by atoms with Crippen LogP contribution in [-0.4, -0.2) is 69.4 Å². The van der Waals surface area contributed by atoms with Crippen LogP contribution < -0.4 is 10.2 Å². The van der Waals surface area contributed by atoms with Crippen LogP contribution in [0.5, 0.6) is 0 Å². The average molecular weight is 1190 g/mol. The number of carbonyl (C=O) groups excluding carboxylic acids is 2. The predicted octanol–water partition coefficient (Wildman–Crippen LogP) is 22.6. The molecule has 9 nitrogen and oxygen atoms in total. The fraction of sp³-hybridized carbons (Fsp3) is 0.918. The van der Waals surface area contributed by atoms with Gasteiger partial charge in [-0.15, -0.1) is 0 Å². The number of likely N-dealkylation sites (N-methyl/N-ethyl adjacent to an activating group) is 1. The first-order chi connectivity index (χ1) is 40.4. The Hall–Kier alpha value is -1.51. The van der Waals surface area contributed by atoms with Crippen molar-refractivity contribution < 1.29 is 37.3 Å². The maximum atomic E-state index is 13.6. The monoisotopic (exact) mass is 1190 g/mol. The summed E-state index contributed by atoms with van der Waals surface area (Å²) in [7, 11) is 1.21. The Morgan fingerprint density at radius 1 is 0.410 bits per heavy atom. The Bertz CT molecular complexity index is 1470. The molecule has 1 N–H and O–H groups in total. The van der Waals surface area contributed by atoms with E-state index in [0.717, 1.165) is 57.8 Å². The van der Waals surface area contributed by atoms with E-state index in [-0.39, 0.29) is 31.5 Å². The molecule has 0 aliphatic heterocycles. The summed E-state index contributed by atoms with van der Waals surface area (Å²) in [6.07, 6.45) is 77.3. The van der Waals surface area contributed by atoms with Gasteiger partial charge in [-0.05, 0) is 57.4 Å². The van der Waals surface area contributed by atoms with E-state index in [2.05, 4.69) is 38.2 Å². The molecule has 0 aromatic heterocycles. The summed E-state index contributed by atoms with van der Waals surface area (Å²) < 4.78 is 30.5. The van der Waals surface area contributed by atoms with Crippen molar-refractivity contribution in [2.45, 2.75) is 392 Å². The summed E-state index contributed by atoms with van der Waals surface area (Å²) in [6, 6.07) is -0.883. The summed E-state index contributed by atoms with van der Waals surface area (Å²) in [5, 5.41) is 3.05. The SMILES string of the molecule is CCCCCCCC/C=C/CCCCCCCCCCCCCCCCCC(=O)OC(/C=C/CCCCCCCCCCCCC)C(COP(=O)([O-])OCC[N+](C)(C)C)NC(=O)CCCCCCCCCCCCCCCCCCCCC. The number of unbranched alkanes of at least 4 members (excludes halogenated alkanes) is 50. The molecule has 0 saturated carbocycles. The average Bonchev–Trinajstić information content (AvgIpc) is 3.46. The van der Waals surface area contributed by atoms with Crippen LogP contribution in [0.3, 0.4) is 0 Å². The molecule has 0 aromatic rings. The van der Waals surface area contributed by atoms with E-state index in [4.69, 9.17) is 13.8 Å². The Morgan fingerprint density at radius 3 is 1.02 bits per heavy atom. The van der Waals surface area contributed by atoms with E-state index in [9.17, 15) is 19.0 Å². The topological polar surface area (TPSA) is 114 Å². The van der Waals surface area contributed by atoms with Crippen molar-refractivity contribution in [1.82, 2.24) is 5.32 Å². The summed E-state index contributed by atoms with van der Waals surface area (Å²) >= 11 is 0. The van der Waals surface area contributed by atoms with Crippen molar-refractivity contribution >= 4 is 19.7 Å². The second kappa shape index (κ2) is 63.5. The highest BCUT2D eigenvalue weighted by atomic mass is 31.2. The lowest BCUT2D eigenvalue weighted by molar-refractivity contribution is -0.870. The molecular formula is C73H143N2O7P. The number of nitrogens with zero attached hydrogens (tertiary/aromatic N) is 1. The third-order valence-electron chi connectivity index (χ3n) is 16.9. The van der Waals surface area contributed by atoms with Gasteiger partial charge in [0, 0.05) is 12.8 Å². The van der Waals surface area contributed by atoms with Crippen molar-refractivity contribution in [3.8, 4) is 0 Å². The van der Waals surface area contributed by atoms with Gasteiger partial charge < -0.3 is 28.5 Å². The van der Waals surface area contributed by atoms with Crippen molar-refractivity contribution in [2.24, 2.45) is 0 Å². The largest absolute Gasteiger partial charge is 0.756 e. The number of ether oxygens (including phenoxy) is 1. The number of nitrogens with one attached hydrogen (secondary N) is 1. The van der Waals surface area contributed by atoms with Gasteiger partial charge in [0.05, 0.1) is 33.8 Å². The minimum Gasteiger partial charge on any atom is -0.756 e. The van der Waals surface area contributed by atoms with Crippen LogP contribution in [-0.2, 0) is 27.9 Å². The van der Waals surface area contributed by atoms with Crippen LogP contribution in [0.15, 0.2) is 24.3 Å². The standard InChI is InChI=1S/C73H143N2O7P/c1-7-10-13-16-19-22-25-28-30-32-34-35-36-37-38-39-41-43-45-48-51-54-57-60-63-66-73(77)82-71(64-61-58-55-52-49-46-27-24-21-18-15-12-9-3)70(69-81-83(78,79)80-68-67-75(4,5)6)74-72(76)65-62-59-56-53-50-47-44-42-40-33-31-29-26-23-20-17-14-11-8-2/h28,30,61,64,70-71H,7-27,29,31-60,62-63,65-69H2,1-6H3,(H-,74,76,78,79)/b30-28+,64-61+. The number of esters is 1. The second-order valence-electron chi connectivity index (χ2n) is 26.5. The zero-order valence-electron chi connectivity index (χ0n) is 56.4. The lowest BCUT2D eigenvalue weighted by Gasteiger charge is -2.30. The zero-order chi connectivity index (χ0) is 60.7. The van der Waals surface area contributed by atoms with Gasteiger partial charge in [0.25, 0.3) is 7.82 Å². The minimum absolute atomic E-state index is 0.0176. The van der Waals surface area contributed by atoms with E-state index >= 15 is 0 Å². The Balaban J connectivity index is 5.03. The lowest BCUT2D eigenvalue weighted by Crippen LogP contribution is -2.47. The van der Waals surface area contributed by atoms with Crippen molar-refractivity contribution in [3.05, 3.63) is 24.3 Å². The lowest BCUT2D eigenvalue weighted by atomic mass is 10.0. The molecule has 3 atom stereocenters. The number of hydrogen-bond donors (Lipinski definition) is 1. The molecular weight excluding hydrogens is 1050 g/mol. The van der Waals surface area contributed by atoms with Gasteiger partial charge in [0.15, 0.2) is 0 Å². The fourth-order valence-electron chi connectivity index (χ4n) is 11.2. The van der Waals surface area contributed by atoms with Crippen molar-refractivity contribution in [3.63, 3.8) is 0 Å². The number of amides is 1. The maximum absolute atomic E-state index is 13.6. The minimum atomic E-state index is -4.70. The number of phosphoric ester groups is 1. The number of carbonyl (C=O) groups is 2.